The zero-order valence-electron chi connectivity index (χ0n) is 10.5. The SMILES string of the molecule is CC12C=CC(C1)C1C(=O)c3c(Br)cccc3C(=O)C12. The molecule has 19 heavy (non-hydrogen) atoms. The molecule has 1 aromatic carbocycles. The van der Waals surface area contributed by atoms with Crippen molar-refractivity contribution in [2.24, 2.45) is 23.2 Å². The number of carbonyl (C=O) groups is 2. The summed E-state index contributed by atoms with van der Waals surface area (Å²) in [5, 5.41) is 0. The standard InChI is InChI=1S/C16H13BrO2/c1-16-6-5-8(7-16)11-13(16)14(18)9-3-2-4-10(17)12(9)15(11)19/h2-6,8,11,13H,7H2,1H3. The van der Waals surface area contributed by atoms with Gasteiger partial charge >= 0.3 is 0 Å². The molecule has 0 aromatic heterocycles. The smallest absolute Gasteiger partial charge is 0.169 e. The topological polar surface area (TPSA) is 34.1 Å². The summed E-state index contributed by atoms with van der Waals surface area (Å²) in [5.41, 5.74) is 1.07. The van der Waals surface area contributed by atoms with Crippen molar-refractivity contribution in [2.45, 2.75) is 13.3 Å². The summed E-state index contributed by atoms with van der Waals surface area (Å²) < 4.78 is 0.749. The van der Waals surface area contributed by atoms with E-state index in [1.807, 2.05) is 12.1 Å². The third-order valence-electron chi connectivity index (χ3n) is 5.04. The van der Waals surface area contributed by atoms with Crippen molar-refractivity contribution in [3.63, 3.8) is 0 Å². The van der Waals surface area contributed by atoms with Crippen molar-refractivity contribution in [3.05, 3.63) is 46.0 Å². The van der Waals surface area contributed by atoms with Gasteiger partial charge in [-0.05, 0) is 23.8 Å². The van der Waals surface area contributed by atoms with E-state index in [-0.39, 0.29) is 34.7 Å². The lowest BCUT2D eigenvalue weighted by Crippen LogP contribution is -2.42. The van der Waals surface area contributed by atoms with Gasteiger partial charge in [0, 0.05) is 27.4 Å². The Labute approximate surface area is 120 Å². The van der Waals surface area contributed by atoms with Crippen LogP contribution in [-0.2, 0) is 0 Å². The Bertz CT molecular complexity index is 661. The van der Waals surface area contributed by atoms with Crippen LogP contribution in [0, 0.1) is 23.2 Å². The highest BCUT2D eigenvalue weighted by molar-refractivity contribution is 9.10. The van der Waals surface area contributed by atoms with Crippen LogP contribution in [0.3, 0.4) is 0 Å². The van der Waals surface area contributed by atoms with E-state index in [4.69, 9.17) is 0 Å². The largest absolute Gasteiger partial charge is 0.294 e. The minimum atomic E-state index is -0.156. The average molecular weight is 317 g/mol. The normalized spacial score (nSPS) is 38.5. The van der Waals surface area contributed by atoms with Crippen LogP contribution in [0.2, 0.25) is 0 Å². The molecule has 96 valence electrons. The van der Waals surface area contributed by atoms with Gasteiger partial charge < -0.3 is 0 Å². The molecule has 0 heterocycles. The van der Waals surface area contributed by atoms with E-state index in [0.717, 1.165) is 10.9 Å². The maximum Gasteiger partial charge on any atom is 0.169 e. The number of carbonyl (C=O) groups excluding carboxylic acids is 2. The van der Waals surface area contributed by atoms with Gasteiger partial charge in [-0.3, -0.25) is 9.59 Å². The molecule has 4 rings (SSSR count). The summed E-state index contributed by atoms with van der Waals surface area (Å²) in [6, 6.07) is 5.46. The Morgan fingerprint density at radius 1 is 1.26 bits per heavy atom. The van der Waals surface area contributed by atoms with Crippen LogP contribution in [0.4, 0.5) is 0 Å². The molecule has 2 nitrogen and oxygen atoms in total. The molecule has 1 fully saturated rings. The zero-order chi connectivity index (χ0) is 13.4. The minimum absolute atomic E-state index is 0.123. The summed E-state index contributed by atoms with van der Waals surface area (Å²) in [6.07, 6.45) is 5.21. The Morgan fingerprint density at radius 2 is 2.05 bits per heavy atom. The zero-order valence-corrected chi connectivity index (χ0v) is 12.1. The fourth-order valence-corrected chi connectivity index (χ4v) is 4.81. The molecule has 0 N–H and O–H groups in total. The van der Waals surface area contributed by atoms with Crippen LogP contribution < -0.4 is 0 Å². The van der Waals surface area contributed by atoms with Gasteiger partial charge in [0.05, 0.1) is 0 Å². The highest BCUT2D eigenvalue weighted by atomic mass is 79.9. The van der Waals surface area contributed by atoms with E-state index in [0.29, 0.717) is 11.1 Å². The minimum Gasteiger partial charge on any atom is -0.294 e. The van der Waals surface area contributed by atoms with Crippen molar-refractivity contribution in [2.75, 3.05) is 0 Å². The molecule has 3 aliphatic rings. The predicted molar refractivity (Wildman–Crippen MR) is 75.1 cm³/mol. The first-order valence-electron chi connectivity index (χ1n) is 6.59. The van der Waals surface area contributed by atoms with Crippen LogP contribution in [0.5, 0.6) is 0 Å². The number of hydrogen-bond acceptors (Lipinski definition) is 2. The summed E-state index contributed by atoms with van der Waals surface area (Å²) in [5.74, 6) is 0.234. The summed E-state index contributed by atoms with van der Waals surface area (Å²) in [4.78, 5) is 25.6. The lowest BCUT2D eigenvalue weighted by Gasteiger charge is -2.36. The molecule has 4 unspecified atom stereocenters. The summed E-state index contributed by atoms with van der Waals surface area (Å²) in [7, 11) is 0. The molecule has 3 heteroatoms. The van der Waals surface area contributed by atoms with Gasteiger partial charge in [0.15, 0.2) is 11.6 Å². The van der Waals surface area contributed by atoms with Crippen LogP contribution in [0.25, 0.3) is 0 Å². The van der Waals surface area contributed by atoms with E-state index in [9.17, 15) is 9.59 Å². The van der Waals surface area contributed by atoms with Gasteiger partial charge in [-0.15, -0.1) is 0 Å². The molecule has 3 aliphatic carbocycles. The first kappa shape index (κ1) is 11.6. The number of Topliss-reactive ketones (excluding diaryl/α,β-unsaturated/α-hetero) is 2. The Balaban J connectivity index is 1.98. The highest BCUT2D eigenvalue weighted by Gasteiger charge is 2.60. The number of benzene rings is 1. The number of allylic oxidation sites excluding steroid dienone is 2. The third-order valence-corrected chi connectivity index (χ3v) is 5.70. The van der Waals surface area contributed by atoms with Gasteiger partial charge in [-0.25, -0.2) is 0 Å². The summed E-state index contributed by atoms with van der Waals surface area (Å²) >= 11 is 3.42. The van der Waals surface area contributed by atoms with Crippen molar-refractivity contribution < 1.29 is 9.59 Å². The first-order valence-corrected chi connectivity index (χ1v) is 7.38. The predicted octanol–water partition coefficient (Wildman–Crippen LogP) is 3.66. The number of ketones is 2. The first-order chi connectivity index (χ1) is 9.03. The Hall–Kier alpha value is -1.22. The number of hydrogen-bond donors (Lipinski definition) is 0. The molecule has 2 bridgehead atoms. The molecular formula is C16H13BrO2. The van der Waals surface area contributed by atoms with E-state index in [2.05, 4.69) is 35.0 Å². The van der Waals surface area contributed by atoms with E-state index in [1.165, 1.54) is 0 Å². The highest BCUT2D eigenvalue weighted by Crippen LogP contribution is 2.60. The lowest BCUT2D eigenvalue weighted by atomic mass is 9.65. The molecule has 0 saturated heterocycles. The average Bonchev–Trinajstić information content (AvgIpc) is 2.89. The number of fused-ring (bicyclic) bond motifs is 6. The van der Waals surface area contributed by atoms with Crippen LogP contribution >= 0.6 is 15.9 Å². The number of rotatable bonds is 0. The monoisotopic (exact) mass is 316 g/mol. The quantitative estimate of drug-likeness (QED) is 0.684. The van der Waals surface area contributed by atoms with E-state index in [1.54, 1.807) is 6.07 Å². The second-order valence-electron chi connectivity index (χ2n) is 6.13. The van der Waals surface area contributed by atoms with Gasteiger partial charge in [0.1, 0.15) is 0 Å². The van der Waals surface area contributed by atoms with E-state index < -0.39 is 0 Å². The van der Waals surface area contributed by atoms with Crippen LogP contribution in [0.1, 0.15) is 34.1 Å². The van der Waals surface area contributed by atoms with Crippen LogP contribution in [-0.4, -0.2) is 11.6 Å². The molecule has 4 atom stereocenters. The molecule has 0 amide bonds. The van der Waals surface area contributed by atoms with Crippen LogP contribution in [0.15, 0.2) is 34.8 Å². The molecule has 1 saturated carbocycles. The lowest BCUT2D eigenvalue weighted by molar-refractivity contribution is 0.0676. The summed E-state index contributed by atoms with van der Waals surface area (Å²) in [6.45, 7) is 2.11. The maximum atomic E-state index is 12.8. The van der Waals surface area contributed by atoms with Crippen molar-refractivity contribution in [1.29, 1.82) is 0 Å². The van der Waals surface area contributed by atoms with Crippen molar-refractivity contribution in [1.82, 2.24) is 0 Å². The molecule has 1 aromatic rings. The fraction of sp³-hybridized carbons (Fsp3) is 0.375. The molecule has 0 radical (unpaired) electrons. The molecular weight excluding hydrogens is 304 g/mol. The van der Waals surface area contributed by atoms with Gasteiger partial charge in [-0.2, -0.15) is 0 Å². The Kier molecular flexibility index (Phi) is 2.11. The fourth-order valence-electron chi connectivity index (χ4n) is 4.24. The Morgan fingerprint density at radius 3 is 2.84 bits per heavy atom. The van der Waals surface area contributed by atoms with Gasteiger partial charge in [0.2, 0.25) is 0 Å². The van der Waals surface area contributed by atoms with Gasteiger partial charge in [-0.1, -0.05) is 47.1 Å². The second kappa shape index (κ2) is 3.45. The third kappa shape index (κ3) is 1.27. The number of halogens is 1. The van der Waals surface area contributed by atoms with E-state index >= 15 is 0 Å². The maximum absolute atomic E-state index is 12.8. The van der Waals surface area contributed by atoms with Crippen molar-refractivity contribution >= 4 is 27.5 Å². The molecule has 0 spiro atoms. The second-order valence-corrected chi connectivity index (χ2v) is 6.98. The van der Waals surface area contributed by atoms with Gasteiger partial charge in [0.25, 0.3) is 0 Å². The van der Waals surface area contributed by atoms with Crippen molar-refractivity contribution in [3.8, 4) is 0 Å². The molecule has 0 aliphatic heterocycles.